The van der Waals surface area contributed by atoms with Gasteiger partial charge in [0, 0.05) is 5.92 Å². The lowest BCUT2D eigenvalue weighted by Crippen LogP contribution is -2.22. The molecule has 1 aliphatic rings. The fourth-order valence-electron chi connectivity index (χ4n) is 2.05. The molecule has 0 aliphatic heterocycles. The second-order valence-electron chi connectivity index (χ2n) is 4.17. The number of rotatable bonds is 3. The number of alkyl halides is 2. The highest BCUT2D eigenvalue weighted by Crippen LogP contribution is 2.61. The molecule has 5 heteroatoms. The van der Waals surface area contributed by atoms with Gasteiger partial charge in [0.25, 0.3) is 0 Å². The maximum atomic E-state index is 11.3. The van der Waals surface area contributed by atoms with Crippen molar-refractivity contribution in [2.45, 2.75) is 24.8 Å². The standard InChI is InChI=1S/C9H14Cl2O3/c1-9(2)4(6(12)7(10)11)5(9)8(13)14-3/h4-7,12H,1-3H3. The molecule has 0 saturated heterocycles. The van der Waals surface area contributed by atoms with Crippen LogP contribution in [-0.4, -0.2) is 29.1 Å². The summed E-state index contributed by atoms with van der Waals surface area (Å²) >= 11 is 11.1. The number of ether oxygens (including phenoxy) is 1. The molecule has 14 heavy (non-hydrogen) atoms. The van der Waals surface area contributed by atoms with Gasteiger partial charge in [-0.2, -0.15) is 0 Å². The monoisotopic (exact) mass is 240 g/mol. The molecule has 3 unspecified atom stereocenters. The van der Waals surface area contributed by atoms with Crippen LogP contribution in [0.4, 0.5) is 0 Å². The van der Waals surface area contributed by atoms with Crippen molar-refractivity contribution in [2.24, 2.45) is 17.3 Å². The number of hydrogen-bond donors (Lipinski definition) is 1. The Bertz CT molecular complexity index is 240. The predicted molar refractivity (Wildman–Crippen MR) is 54.3 cm³/mol. The van der Waals surface area contributed by atoms with Crippen molar-refractivity contribution in [1.29, 1.82) is 0 Å². The molecule has 0 aromatic carbocycles. The molecule has 0 spiro atoms. The van der Waals surface area contributed by atoms with E-state index >= 15 is 0 Å². The third-order valence-electron chi connectivity index (χ3n) is 2.99. The zero-order chi connectivity index (χ0) is 11.1. The lowest BCUT2D eigenvalue weighted by molar-refractivity contribution is -0.143. The fourth-order valence-corrected chi connectivity index (χ4v) is 2.36. The lowest BCUT2D eigenvalue weighted by Gasteiger charge is -2.11. The van der Waals surface area contributed by atoms with Crippen molar-refractivity contribution in [1.82, 2.24) is 0 Å². The smallest absolute Gasteiger partial charge is 0.309 e. The molecule has 1 aliphatic carbocycles. The molecular formula is C9H14Cl2O3. The number of hydrogen-bond acceptors (Lipinski definition) is 3. The van der Waals surface area contributed by atoms with Crippen LogP contribution in [0.3, 0.4) is 0 Å². The van der Waals surface area contributed by atoms with Gasteiger partial charge >= 0.3 is 5.97 Å². The maximum Gasteiger partial charge on any atom is 0.309 e. The van der Waals surface area contributed by atoms with Crippen LogP contribution in [0.1, 0.15) is 13.8 Å². The van der Waals surface area contributed by atoms with E-state index in [9.17, 15) is 9.90 Å². The van der Waals surface area contributed by atoms with Gasteiger partial charge in [-0.1, -0.05) is 13.8 Å². The average molecular weight is 241 g/mol. The summed E-state index contributed by atoms with van der Waals surface area (Å²) < 4.78 is 4.63. The Balaban J connectivity index is 2.70. The molecule has 0 aromatic rings. The number of carbonyl (C=O) groups excluding carboxylic acids is 1. The van der Waals surface area contributed by atoms with Crippen LogP contribution in [0.5, 0.6) is 0 Å². The van der Waals surface area contributed by atoms with Gasteiger partial charge in [-0.15, -0.1) is 23.2 Å². The number of esters is 1. The maximum absolute atomic E-state index is 11.3. The first-order valence-corrected chi connectivity index (χ1v) is 5.25. The van der Waals surface area contributed by atoms with Crippen molar-refractivity contribution in [3.63, 3.8) is 0 Å². The van der Waals surface area contributed by atoms with Crippen molar-refractivity contribution in [3.05, 3.63) is 0 Å². The third kappa shape index (κ3) is 1.86. The topological polar surface area (TPSA) is 46.5 Å². The van der Waals surface area contributed by atoms with E-state index in [1.807, 2.05) is 13.8 Å². The summed E-state index contributed by atoms with van der Waals surface area (Å²) in [4.78, 5) is 10.4. The van der Waals surface area contributed by atoms with Crippen molar-refractivity contribution >= 4 is 29.2 Å². The molecule has 1 saturated carbocycles. The quantitative estimate of drug-likeness (QED) is 0.603. The molecular weight excluding hydrogens is 227 g/mol. The van der Waals surface area contributed by atoms with Crippen LogP contribution < -0.4 is 0 Å². The van der Waals surface area contributed by atoms with Gasteiger partial charge in [-0.25, -0.2) is 0 Å². The third-order valence-corrected chi connectivity index (χ3v) is 3.51. The van der Waals surface area contributed by atoms with E-state index in [1.54, 1.807) is 0 Å². The minimum absolute atomic E-state index is 0.213. The number of carbonyl (C=O) groups is 1. The molecule has 1 rings (SSSR count). The van der Waals surface area contributed by atoms with E-state index in [2.05, 4.69) is 4.74 Å². The van der Waals surface area contributed by atoms with E-state index in [1.165, 1.54) is 7.11 Å². The zero-order valence-electron chi connectivity index (χ0n) is 8.33. The fraction of sp³-hybridized carbons (Fsp3) is 0.889. The zero-order valence-corrected chi connectivity index (χ0v) is 9.84. The Morgan fingerprint density at radius 1 is 1.50 bits per heavy atom. The largest absolute Gasteiger partial charge is 0.469 e. The SMILES string of the molecule is COC(=O)C1C(C(O)C(Cl)Cl)C1(C)C. The average Bonchev–Trinajstić information content (AvgIpc) is 2.66. The van der Waals surface area contributed by atoms with Gasteiger partial charge in [-0.3, -0.25) is 4.79 Å². The molecule has 0 heterocycles. The van der Waals surface area contributed by atoms with Gasteiger partial charge in [0.15, 0.2) is 0 Å². The lowest BCUT2D eigenvalue weighted by atomic mass is 10.1. The first kappa shape index (κ1) is 12.1. The molecule has 1 N–H and O–H groups in total. The minimum atomic E-state index is -0.877. The van der Waals surface area contributed by atoms with Crippen LogP contribution in [0.15, 0.2) is 0 Å². The van der Waals surface area contributed by atoms with Gasteiger partial charge in [0.1, 0.15) is 4.84 Å². The first-order chi connectivity index (χ1) is 6.34. The van der Waals surface area contributed by atoms with Gasteiger partial charge in [-0.05, 0) is 5.41 Å². The summed E-state index contributed by atoms with van der Waals surface area (Å²) in [5.74, 6) is -0.828. The Labute approximate surface area is 93.3 Å². The van der Waals surface area contributed by atoms with Gasteiger partial charge in [0.05, 0.1) is 19.1 Å². The minimum Gasteiger partial charge on any atom is -0.469 e. The number of methoxy groups -OCH3 is 1. The Morgan fingerprint density at radius 3 is 2.36 bits per heavy atom. The van der Waals surface area contributed by atoms with E-state index in [0.717, 1.165) is 0 Å². The summed E-state index contributed by atoms with van der Waals surface area (Å²) in [6.45, 7) is 3.78. The van der Waals surface area contributed by atoms with Crippen molar-refractivity contribution in [2.75, 3.05) is 7.11 Å². The van der Waals surface area contributed by atoms with Crippen molar-refractivity contribution < 1.29 is 14.6 Å². The summed E-state index contributed by atoms with van der Waals surface area (Å²) in [7, 11) is 1.33. The predicted octanol–water partition coefficient (Wildman–Crippen LogP) is 1.60. The first-order valence-electron chi connectivity index (χ1n) is 4.38. The van der Waals surface area contributed by atoms with E-state index in [0.29, 0.717) is 0 Å². The molecule has 1 fully saturated rings. The van der Waals surface area contributed by atoms with Gasteiger partial charge in [0.2, 0.25) is 0 Å². The highest BCUT2D eigenvalue weighted by Gasteiger charge is 2.66. The van der Waals surface area contributed by atoms with Crippen LogP contribution in [0.25, 0.3) is 0 Å². The van der Waals surface area contributed by atoms with Crippen LogP contribution in [-0.2, 0) is 9.53 Å². The highest BCUT2D eigenvalue weighted by atomic mass is 35.5. The molecule has 3 atom stereocenters. The number of halogens is 2. The molecule has 0 radical (unpaired) electrons. The van der Waals surface area contributed by atoms with Crippen molar-refractivity contribution in [3.8, 4) is 0 Å². The number of aliphatic hydroxyl groups excluding tert-OH is 1. The van der Waals surface area contributed by atoms with E-state index < -0.39 is 10.9 Å². The second kappa shape index (κ2) is 3.87. The van der Waals surface area contributed by atoms with Crippen LogP contribution in [0.2, 0.25) is 0 Å². The molecule has 0 bridgehead atoms. The molecule has 0 amide bonds. The summed E-state index contributed by atoms with van der Waals surface area (Å²) in [6.07, 6.45) is -0.877. The molecule has 3 nitrogen and oxygen atoms in total. The molecule has 82 valence electrons. The Morgan fingerprint density at radius 2 is 2.00 bits per heavy atom. The Kier molecular flexibility index (Phi) is 3.34. The highest BCUT2D eigenvalue weighted by molar-refractivity contribution is 6.44. The summed E-state index contributed by atoms with van der Waals surface area (Å²) in [5.41, 5.74) is -0.283. The van der Waals surface area contributed by atoms with Crippen LogP contribution >= 0.6 is 23.2 Å². The Hall–Kier alpha value is 0.01000. The normalized spacial score (nSPS) is 31.4. The van der Waals surface area contributed by atoms with E-state index in [-0.39, 0.29) is 23.2 Å². The van der Waals surface area contributed by atoms with E-state index in [4.69, 9.17) is 23.2 Å². The molecule has 0 aromatic heterocycles. The second-order valence-corrected chi connectivity index (χ2v) is 5.34. The summed E-state index contributed by atoms with van der Waals surface area (Å²) in [6, 6.07) is 0. The van der Waals surface area contributed by atoms with Crippen LogP contribution in [0, 0.1) is 17.3 Å². The summed E-state index contributed by atoms with van der Waals surface area (Å²) in [5, 5.41) is 9.64. The number of aliphatic hydroxyl groups is 1. The van der Waals surface area contributed by atoms with Gasteiger partial charge < -0.3 is 9.84 Å².